The number of carboxylic acid groups (broad SMARTS) is 1. The van der Waals surface area contributed by atoms with Crippen LogP contribution in [0.4, 0.5) is 0 Å². The van der Waals surface area contributed by atoms with E-state index in [9.17, 15) is 19.2 Å². The molecule has 0 radical (unpaired) electrons. The maximum atomic E-state index is 12.5. The number of piperidine rings is 1. The van der Waals surface area contributed by atoms with Crippen LogP contribution in [-0.4, -0.2) is 71.9 Å². The Balaban J connectivity index is 1.94. The van der Waals surface area contributed by atoms with Crippen molar-refractivity contribution in [3.63, 3.8) is 0 Å². The molecule has 146 valence electrons. The average Bonchev–Trinajstić information content (AvgIpc) is 2.67. The number of carbonyl (C=O) groups is 4. The van der Waals surface area contributed by atoms with Gasteiger partial charge in [0.2, 0.25) is 5.91 Å². The molecule has 8 nitrogen and oxygen atoms in total. The lowest BCUT2D eigenvalue weighted by atomic mass is 9.98. The molecule has 0 aliphatic carbocycles. The lowest BCUT2D eigenvalue weighted by Gasteiger charge is -2.32. The summed E-state index contributed by atoms with van der Waals surface area (Å²) in [7, 11) is 1.51. The molecule has 0 aromatic heterocycles. The highest BCUT2D eigenvalue weighted by atomic mass is 16.5. The van der Waals surface area contributed by atoms with Crippen LogP contribution >= 0.6 is 0 Å². The van der Waals surface area contributed by atoms with E-state index in [2.05, 4.69) is 0 Å². The number of hydrogen-bond donors (Lipinski definition) is 1. The number of carboxylic acids is 1. The van der Waals surface area contributed by atoms with E-state index in [4.69, 9.17) is 9.84 Å². The summed E-state index contributed by atoms with van der Waals surface area (Å²) in [6.45, 7) is 2.78. The van der Waals surface area contributed by atoms with Gasteiger partial charge in [-0.2, -0.15) is 0 Å². The minimum absolute atomic E-state index is 0.0867. The molecule has 8 heteroatoms. The predicted molar refractivity (Wildman–Crippen MR) is 96.3 cm³/mol. The van der Waals surface area contributed by atoms with Crippen molar-refractivity contribution in [3.05, 3.63) is 35.4 Å². The SMILES string of the molecule is CCOC(=O)C1CCCN(C(=O)CN(C)C(=O)c2ccc(C(=O)O)cc2)C1. The van der Waals surface area contributed by atoms with E-state index in [1.807, 2.05) is 0 Å². The second kappa shape index (κ2) is 9.16. The molecule has 0 bridgehead atoms. The molecular formula is C19H24N2O6. The van der Waals surface area contributed by atoms with E-state index in [0.29, 0.717) is 38.1 Å². The van der Waals surface area contributed by atoms with Gasteiger partial charge in [-0.3, -0.25) is 14.4 Å². The average molecular weight is 376 g/mol. The standard InChI is InChI=1S/C19H24N2O6/c1-3-27-19(26)15-5-4-10-21(11-15)16(22)12-20(2)17(23)13-6-8-14(9-7-13)18(24)25/h6-9,15H,3-5,10-12H2,1-2H3,(H,24,25). The fraction of sp³-hybridized carbons (Fsp3) is 0.474. The number of likely N-dealkylation sites (N-methyl/N-ethyl adjacent to an activating group) is 1. The van der Waals surface area contributed by atoms with Crippen LogP contribution in [0.3, 0.4) is 0 Å². The van der Waals surface area contributed by atoms with Gasteiger partial charge in [-0.1, -0.05) is 0 Å². The summed E-state index contributed by atoms with van der Waals surface area (Å²) in [6, 6.07) is 5.54. The lowest BCUT2D eigenvalue weighted by molar-refractivity contribution is -0.151. The van der Waals surface area contributed by atoms with Gasteiger partial charge in [0.25, 0.3) is 5.91 Å². The van der Waals surface area contributed by atoms with Crippen LogP contribution in [0.15, 0.2) is 24.3 Å². The first-order valence-corrected chi connectivity index (χ1v) is 8.86. The first kappa shape index (κ1) is 20.4. The molecule has 0 spiro atoms. The topological polar surface area (TPSA) is 104 Å². The van der Waals surface area contributed by atoms with Crippen LogP contribution < -0.4 is 0 Å². The highest BCUT2D eigenvalue weighted by molar-refractivity contribution is 5.97. The summed E-state index contributed by atoms with van der Waals surface area (Å²) in [5, 5.41) is 8.90. The van der Waals surface area contributed by atoms with E-state index >= 15 is 0 Å². The number of hydrogen-bond acceptors (Lipinski definition) is 5. The van der Waals surface area contributed by atoms with Gasteiger partial charge in [0.15, 0.2) is 0 Å². The molecule has 1 saturated heterocycles. The molecular weight excluding hydrogens is 352 g/mol. The molecule has 1 aliphatic heterocycles. The largest absolute Gasteiger partial charge is 0.478 e. The van der Waals surface area contributed by atoms with Gasteiger partial charge in [0, 0.05) is 25.7 Å². The number of carbonyl (C=O) groups excluding carboxylic acids is 3. The van der Waals surface area contributed by atoms with Crippen molar-refractivity contribution >= 4 is 23.8 Å². The van der Waals surface area contributed by atoms with Gasteiger partial charge >= 0.3 is 11.9 Å². The second-order valence-electron chi connectivity index (χ2n) is 6.47. The van der Waals surface area contributed by atoms with Gasteiger partial charge in [0.1, 0.15) is 0 Å². The number of esters is 1. The van der Waals surface area contributed by atoms with Crippen molar-refractivity contribution in [1.29, 1.82) is 0 Å². The number of rotatable bonds is 6. The van der Waals surface area contributed by atoms with Crippen molar-refractivity contribution in [3.8, 4) is 0 Å². The zero-order chi connectivity index (χ0) is 20.0. The van der Waals surface area contributed by atoms with Crippen LogP contribution in [0.5, 0.6) is 0 Å². The Labute approximate surface area is 157 Å². The number of benzene rings is 1. The summed E-state index contributed by atoms with van der Waals surface area (Å²) < 4.78 is 5.03. The third-order valence-corrected chi connectivity index (χ3v) is 4.49. The monoisotopic (exact) mass is 376 g/mol. The van der Waals surface area contributed by atoms with E-state index in [1.54, 1.807) is 11.8 Å². The van der Waals surface area contributed by atoms with Gasteiger partial charge in [-0.25, -0.2) is 4.79 Å². The Morgan fingerprint density at radius 2 is 1.81 bits per heavy atom. The van der Waals surface area contributed by atoms with E-state index in [0.717, 1.165) is 0 Å². The Kier molecular flexibility index (Phi) is 6.92. The van der Waals surface area contributed by atoms with E-state index < -0.39 is 5.97 Å². The third-order valence-electron chi connectivity index (χ3n) is 4.49. The predicted octanol–water partition coefficient (Wildman–Crippen LogP) is 1.26. The van der Waals surface area contributed by atoms with Gasteiger partial charge in [-0.05, 0) is 44.0 Å². The van der Waals surface area contributed by atoms with Crippen molar-refractivity contribution in [2.45, 2.75) is 19.8 Å². The van der Waals surface area contributed by atoms with Gasteiger partial charge < -0.3 is 19.6 Å². The van der Waals surface area contributed by atoms with Crippen molar-refractivity contribution in [1.82, 2.24) is 9.80 Å². The number of aromatic carboxylic acids is 1. The molecule has 2 amide bonds. The molecule has 1 aromatic rings. The maximum absolute atomic E-state index is 12.5. The number of likely N-dealkylation sites (tertiary alicyclic amines) is 1. The molecule has 2 rings (SSSR count). The fourth-order valence-corrected chi connectivity index (χ4v) is 3.01. The molecule has 1 aromatic carbocycles. The van der Waals surface area contributed by atoms with Crippen LogP contribution in [0.1, 0.15) is 40.5 Å². The molecule has 1 fully saturated rings. The molecule has 1 aliphatic rings. The van der Waals surface area contributed by atoms with E-state index in [1.165, 1.54) is 36.2 Å². The molecule has 1 N–H and O–H groups in total. The van der Waals surface area contributed by atoms with Gasteiger partial charge in [0.05, 0.1) is 24.6 Å². The summed E-state index contributed by atoms with van der Waals surface area (Å²) in [6.07, 6.45) is 1.40. The Bertz CT molecular complexity index is 715. The number of amides is 2. The zero-order valence-corrected chi connectivity index (χ0v) is 15.5. The zero-order valence-electron chi connectivity index (χ0n) is 15.5. The maximum Gasteiger partial charge on any atom is 0.335 e. The normalized spacial score (nSPS) is 16.5. The first-order valence-electron chi connectivity index (χ1n) is 8.86. The number of ether oxygens (including phenoxy) is 1. The third kappa shape index (κ3) is 5.29. The highest BCUT2D eigenvalue weighted by Gasteiger charge is 2.30. The Morgan fingerprint density at radius 3 is 2.41 bits per heavy atom. The first-order chi connectivity index (χ1) is 12.8. The summed E-state index contributed by atoms with van der Waals surface area (Å²) in [5.74, 6) is -2.30. The Hall–Kier alpha value is -2.90. The van der Waals surface area contributed by atoms with E-state index in [-0.39, 0.29) is 35.8 Å². The second-order valence-corrected chi connectivity index (χ2v) is 6.47. The van der Waals surface area contributed by atoms with Crippen molar-refractivity contribution in [2.75, 3.05) is 33.3 Å². The quantitative estimate of drug-likeness (QED) is 0.750. The molecule has 1 heterocycles. The fourth-order valence-electron chi connectivity index (χ4n) is 3.01. The van der Waals surface area contributed by atoms with Crippen LogP contribution in [0.25, 0.3) is 0 Å². The smallest absolute Gasteiger partial charge is 0.335 e. The van der Waals surface area contributed by atoms with Gasteiger partial charge in [-0.15, -0.1) is 0 Å². The van der Waals surface area contributed by atoms with Crippen LogP contribution in [-0.2, 0) is 14.3 Å². The summed E-state index contributed by atoms with van der Waals surface area (Å²) in [5.41, 5.74) is 0.391. The minimum atomic E-state index is -1.07. The summed E-state index contributed by atoms with van der Waals surface area (Å²) in [4.78, 5) is 50.6. The molecule has 27 heavy (non-hydrogen) atoms. The van der Waals surface area contributed by atoms with Crippen molar-refractivity contribution in [2.24, 2.45) is 5.92 Å². The Morgan fingerprint density at radius 1 is 1.19 bits per heavy atom. The molecule has 1 atom stereocenters. The summed E-state index contributed by atoms with van der Waals surface area (Å²) >= 11 is 0. The minimum Gasteiger partial charge on any atom is -0.478 e. The molecule has 0 saturated carbocycles. The van der Waals surface area contributed by atoms with Crippen molar-refractivity contribution < 1.29 is 29.0 Å². The number of nitrogens with zero attached hydrogens (tertiary/aromatic N) is 2. The van der Waals surface area contributed by atoms with Crippen LogP contribution in [0.2, 0.25) is 0 Å². The highest BCUT2D eigenvalue weighted by Crippen LogP contribution is 2.18. The lowest BCUT2D eigenvalue weighted by Crippen LogP contribution is -2.47. The van der Waals surface area contributed by atoms with Crippen LogP contribution in [0, 0.1) is 5.92 Å². The molecule has 1 unspecified atom stereocenters.